The molecule has 20 heavy (non-hydrogen) atoms. The third-order valence-electron chi connectivity index (χ3n) is 3.47. The Bertz CT molecular complexity index is 591. The standard InChI is InChI=1S/C15H15ClN2OS/c16-12-8-4-1-5-10(12)9-13-14(19)18-15(20-13)17-11-6-2-3-7-11/h1,4-5,8-9,11H,2-3,6-7H2,(H,17,18,19). The van der Waals surface area contributed by atoms with Crippen molar-refractivity contribution in [2.45, 2.75) is 31.7 Å². The third-order valence-corrected chi connectivity index (χ3v) is 4.74. The number of amidine groups is 1. The fourth-order valence-corrected chi connectivity index (χ4v) is 3.49. The van der Waals surface area contributed by atoms with Crippen molar-refractivity contribution in [2.75, 3.05) is 0 Å². The number of nitrogens with one attached hydrogen (secondary N) is 1. The molecule has 0 bridgehead atoms. The zero-order chi connectivity index (χ0) is 13.9. The van der Waals surface area contributed by atoms with E-state index < -0.39 is 0 Å². The number of carbonyl (C=O) groups excluding carboxylic acids is 1. The fourth-order valence-electron chi connectivity index (χ4n) is 2.42. The summed E-state index contributed by atoms with van der Waals surface area (Å²) in [4.78, 5) is 17.2. The van der Waals surface area contributed by atoms with Gasteiger partial charge in [0.1, 0.15) is 0 Å². The van der Waals surface area contributed by atoms with Crippen LogP contribution in [0.25, 0.3) is 6.08 Å². The lowest BCUT2D eigenvalue weighted by molar-refractivity contribution is -0.115. The Balaban J connectivity index is 1.78. The Hall–Kier alpha value is -1.26. The molecule has 2 fully saturated rings. The van der Waals surface area contributed by atoms with E-state index in [0.717, 1.165) is 23.6 Å². The van der Waals surface area contributed by atoms with Crippen LogP contribution < -0.4 is 5.32 Å². The van der Waals surface area contributed by atoms with Crippen LogP contribution in [0.15, 0.2) is 34.2 Å². The second-order valence-corrected chi connectivity index (χ2v) is 6.40. The van der Waals surface area contributed by atoms with E-state index in [0.29, 0.717) is 16.0 Å². The highest BCUT2D eigenvalue weighted by atomic mass is 35.5. The number of carbonyl (C=O) groups is 1. The van der Waals surface area contributed by atoms with Crippen molar-refractivity contribution >= 4 is 40.5 Å². The van der Waals surface area contributed by atoms with Gasteiger partial charge in [-0.1, -0.05) is 42.6 Å². The fraction of sp³-hybridized carbons (Fsp3) is 0.333. The second kappa shape index (κ2) is 6.02. The van der Waals surface area contributed by atoms with Crippen molar-refractivity contribution in [2.24, 2.45) is 4.99 Å². The van der Waals surface area contributed by atoms with E-state index >= 15 is 0 Å². The van der Waals surface area contributed by atoms with Crippen LogP contribution in [-0.4, -0.2) is 17.1 Å². The number of halogens is 1. The normalized spacial score (nSPS) is 23.8. The molecular weight excluding hydrogens is 292 g/mol. The number of hydrogen-bond donors (Lipinski definition) is 1. The SMILES string of the molecule is O=C1NC(=NC2CCCC2)SC1=Cc1ccccc1Cl. The lowest BCUT2D eigenvalue weighted by atomic mass is 10.2. The second-order valence-electron chi connectivity index (χ2n) is 4.96. The molecule has 0 atom stereocenters. The van der Waals surface area contributed by atoms with Crippen molar-refractivity contribution in [3.63, 3.8) is 0 Å². The molecule has 1 N–H and O–H groups in total. The highest BCUT2D eigenvalue weighted by Crippen LogP contribution is 2.30. The molecule has 0 radical (unpaired) electrons. The van der Waals surface area contributed by atoms with Crippen LogP contribution in [-0.2, 0) is 4.79 Å². The topological polar surface area (TPSA) is 41.5 Å². The summed E-state index contributed by atoms with van der Waals surface area (Å²) in [5.41, 5.74) is 0.855. The molecule has 1 saturated carbocycles. The molecule has 1 heterocycles. The first-order valence-electron chi connectivity index (χ1n) is 6.75. The molecule has 5 heteroatoms. The molecule has 1 amide bonds. The monoisotopic (exact) mass is 306 g/mol. The Kier molecular flexibility index (Phi) is 4.13. The molecule has 1 aliphatic carbocycles. The van der Waals surface area contributed by atoms with Crippen LogP contribution in [0.5, 0.6) is 0 Å². The van der Waals surface area contributed by atoms with Gasteiger partial charge in [0.15, 0.2) is 5.17 Å². The summed E-state index contributed by atoms with van der Waals surface area (Å²) in [6.07, 6.45) is 6.55. The maximum absolute atomic E-state index is 11.9. The summed E-state index contributed by atoms with van der Waals surface area (Å²) in [5, 5.41) is 4.20. The smallest absolute Gasteiger partial charge is 0.264 e. The van der Waals surface area contributed by atoms with Crippen molar-refractivity contribution in [3.8, 4) is 0 Å². The van der Waals surface area contributed by atoms with Crippen molar-refractivity contribution < 1.29 is 4.79 Å². The average Bonchev–Trinajstić information content (AvgIpc) is 3.04. The van der Waals surface area contributed by atoms with Crippen LogP contribution in [0.2, 0.25) is 5.02 Å². The molecule has 1 aliphatic heterocycles. The number of amides is 1. The molecule has 2 aliphatic rings. The van der Waals surface area contributed by atoms with Gasteiger partial charge >= 0.3 is 0 Å². The van der Waals surface area contributed by atoms with Gasteiger partial charge in [-0.25, -0.2) is 0 Å². The lowest BCUT2D eigenvalue weighted by Gasteiger charge is -2.02. The third kappa shape index (κ3) is 3.07. The van der Waals surface area contributed by atoms with Gasteiger partial charge in [-0.3, -0.25) is 9.79 Å². The van der Waals surface area contributed by atoms with Crippen LogP contribution in [0.4, 0.5) is 0 Å². The zero-order valence-electron chi connectivity index (χ0n) is 10.9. The average molecular weight is 307 g/mol. The Morgan fingerprint density at radius 3 is 2.80 bits per heavy atom. The summed E-state index contributed by atoms with van der Waals surface area (Å²) < 4.78 is 0. The van der Waals surface area contributed by atoms with Gasteiger partial charge in [-0.05, 0) is 42.3 Å². The van der Waals surface area contributed by atoms with Crippen LogP contribution in [0, 0.1) is 0 Å². The highest BCUT2D eigenvalue weighted by molar-refractivity contribution is 8.18. The first kappa shape index (κ1) is 13.7. The minimum atomic E-state index is -0.0910. The summed E-state index contributed by atoms with van der Waals surface area (Å²) in [5.74, 6) is -0.0910. The summed E-state index contributed by atoms with van der Waals surface area (Å²) in [7, 11) is 0. The number of hydrogen-bond acceptors (Lipinski definition) is 3. The van der Waals surface area contributed by atoms with Crippen molar-refractivity contribution in [3.05, 3.63) is 39.8 Å². The summed E-state index contributed by atoms with van der Waals surface area (Å²) in [6.45, 7) is 0. The van der Waals surface area contributed by atoms with Gasteiger partial charge < -0.3 is 5.32 Å². The first-order chi connectivity index (χ1) is 9.72. The van der Waals surface area contributed by atoms with Crippen LogP contribution in [0.3, 0.4) is 0 Å². The molecule has 3 rings (SSSR count). The maximum atomic E-state index is 11.9. The largest absolute Gasteiger partial charge is 0.301 e. The minimum Gasteiger partial charge on any atom is -0.301 e. The predicted octanol–water partition coefficient (Wildman–Crippen LogP) is 3.84. The number of aliphatic imine (C=N–C) groups is 1. The van der Waals surface area contributed by atoms with E-state index in [-0.39, 0.29) is 5.91 Å². The molecule has 1 saturated heterocycles. The molecule has 1 aromatic rings. The molecule has 0 aromatic heterocycles. The molecule has 3 nitrogen and oxygen atoms in total. The Morgan fingerprint density at radius 1 is 1.30 bits per heavy atom. The quantitative estimate of drug-likeness (QED) is 0.843. The van der Waals surface area contributed by atoms with Crippen molar-refractivity contribution in [1.82, 2.24) is 5.32 Å². The van der Waals surface area contributed by atoms with E-state index in [1.165, 1.54) is 24.6 Å². The molecule has 104 valence electrons. The predicted molar refractivity (Wildman–Crippen MR) is 84.9 cm³/mol. The highest BCUT2D eigenvalue weighted by Gasteiger charge is 2.25. The summed E-state index contributed by atoms with van der Waals surface area (Å²) in [6, 6.07) is 7.87. The van der Waals surface area contributed by atoms with E-state index in [4.69, 9.17) is 11.6 Å². The molecule has 1 aromatic carbocycles. The molecule has 0 spiro atoms. The Labute approximate surface area is 127 Å². The van der Waals surface area contributed by atoms with Crippen LogP contribution >= 0.6 is 23.4 Å². The van der Waals surface area contributed by atoms with Gasteiger partial charge in [0.2, 0.25) is 0 Å². The first-order valence-corrected chi connectivity index (χ1v) is 7.95. The molecular formula is C15H15ClN2OS. The van der Waals surface area contributed by atoms with E-state index in [9.17, 15) is 4.79 Å². The number of thioether (sulfide) groups is 1. The number of rotatable bonds is 2. The number of nitrogens with zero attached hydrogens (tertiary/aromatic N) is 1. The Morgan fingerprint density at radius 2 is 2.05 bits per heavy atom. The van der Waals surface area contributed by atoms with Gasteiger partial charge in [0.05, 0.1) is 10.9 Å². The summed E-state index contributed by atoms with van der Waals surface area (Å²) >= 11 is 7.51. The maximum Gasteiger partial charge on any atom is 0.264 e. The lowest BCUT2D eigenvalue weighted by Crippen LogP contribution is -2.21. The van der Waals surface area contributed by atoms with E-state index in [2.05, 4.69) is 10.3 Å². The number of benzene rings is 1. The van der Waals surface area contributed by atoms with Crippen LogP contribution in [0.1, 0.15) is 31.2 Å². The van der Waals surface area contributed by atoms with Gasteiger partial charge in [0.25, 0.3) is 5.91 Å². The van der Waals surface area contributed by atoms with Crippen molar-refractivity contribution in [1.29, 1.82) is 0 Å². The van der Waals surface area contributed by atoms with E-state index in [1.54, 1.807) is 0 Å². The minimum absolute atomic E-state index is 0.0910. The van der Waals surface area contributed by atoms with Gasteiger partial charge in [0, 0.05) is 5.02 Å². The van der Waals surface area contributed by atoms with Gasteiger partial charge in [-0.15, -0.1) is 0 Å². The zero-order valence-corrected chi connectivity index (χ0v) is 12.5. The molecule has 0 unspecified atom stereocenters. The van der Waals surface area contributed by atoms with Gasteiger partial charge in [-0.2, -0.15) is 0 Å². The van der Waals surface area contributed by atoms with E-state index in [1.807, 2.05) is 30.3 Å².